The normalized spacial score (nSPS) is 10.2. The largest absolute Gasteiger partial charge is 0.492 e. The first-order valence-corrected chi connectivity index (χ1v) is 5.26. The van der Waals surface area contributed by atoms with Gasteiger partial charge in [0, 0.05) is 0 Å². The maximum atomic E-state index is 13.9. The number of hydrogen-bond acceptors (Lipinski definition) is 2. The Labute approximate surface area is 104 Å². The first-order valence-electron chi connectivity index (χ1n) is 5.26. The van der Waals surface area contributed by atoms with E-state index in [-0.39, 0.29) is 17.1 Å². The molecule has 0 N–H and O–H groups in total. The Morgan fingerprint density at radius 3 is 2.22 bits per heavy atom. The van der Waals surface area contributed by atoms with Gasteiger partial charge in [-0.1, -0.05) is 30.3 Å². The minimum absolute atomic E-state index is 0.0335. The molecule has 0 fully saturated rings. The molecule has 0 aliphatic rings. The van der Waals surface area contributed by atoms with Gasteiger partial charge < -0.3 is 9.47 Å². The molecule has 0 spiro atoms. The molecule has 4 heteroatoms. The van der Waals surface area contributed by atoms with E-state index >= 15 is 0 Å². The third-order valence-corrected chi connectivity index (χ3v) is 2.54. The van der Waals surface area contributed by atoms with Crippen LogP contribution in [-0.2, 0) is 0 Å². The number of methoxy groups -OCH3 is 2. The average Bonchev–Trinajstić information content (AvgIpc) is 2.42. The average molecular weight is 249 g/mol. The molecule has 0 aliphatic heterocycles. The van der Waals surface area contributed by atoms with Gasteiger partial charge in [-0.3, -0.25) is 0 Å². The van der Waals surface area contributed by atoms with E-state index in [2.05, 4.69) is 6.07 Å². The van der Waals surface area contributed by atoms with Gasteiger partial charge in [0.25, 0.3) is 0 Å². The van der Waals surface area contributed by atoms with Crippen LogP contribution >= 0.6 is 0 Å². The summed E-state index contributed by atoms with van der Waals surface area (Å²) in [5, 5.41) is 0. The van der Waals surface area contributed by atoms with Crippen molar-refractivity contribution < 1.29 is 18.3 Å². The molecule has 0 aromatic heterocycles. The summed E-state index contributed by atoms with van der Waals surface area (Å²) in [4.78, 5) is 0. The number of rotatable bonds is 3. The summed E-state index contributed by atoms with van der Waals surface area (Å²) in [7, 11) is 2.72. The van der Waals surface area contributed by atoms with Crippen LogP contribution in [0, 0.1) is 17.7 Å². The zero-order valence-corrected chi connectivity index (χ0v) is 9.96. The van der Waals surface area contributed by atoms with Gasteiger partial charge >= 0.3 is 0 Å². The summed E-state index contributed by atoms with van der Waals surface area (Å²) < 4.78 is 37.4. The molecule has 0 saturated heterocycles. The molecule has 93 valence electrons. The number of benzene rings is 2. The van der Waals surface area contributed by atoms with Crippen molar-refractivity contribution in [3.05, 3.63) is 48.0 Å². The van der Waals surface area contributed by atoms with Crippen LogP contribution < -0.4 is 9.47 Å². The van der Waals surface area contributed by atoms with Crippen LogP contribution in [0.2, 0.25) is 0 Å². The second-order valence-electron chi connectivity index (χ2n) is 3.56. The smallest absolute Gasteiger partial charge is 0.172 e. The van der Waals surface area contributed by atoms with Gasteiger partial charge in [-0.25, -0.2) is 8.78 Å². The molecule has 0 amide bonds. The maximum Gasteiger partial charge on any atom is 0.172 e. The van der Waals surface area contributed by atoms with Crippen LogP contribution in [0.15, 0.2) is 30.3 Å². The maximum absolute atomic E-state index is 13.9. The topological polar surface area (TPSA) is 18.5 Å². The first-order chi connectivity index (χ1) is 8.69. The minimum atomic E-state index is -1.09. The molecular formula is C14H11F2O2. The molecule has 18 heavy (non-hydrogen) atoms. The van der Waals surface area contributed by atoms with Crippen LogP contribution in [0.1, 0.15) is 0 Å². The van der Waals surface area contributed by atoms with Gasteiger partial charge in [-0.05, 0) is 5.56 Å². The SMILES string of the molecule is COc1[c]c(F)c(F)c(-c2ccccc2)c1OC. The molecule has 0 heterocycles. The van der Waals surface area contributed by atoms with Gasteiger partial charge in [0.05, 0.1) is 25.8 Å². The van der Waals surface area contributed by atoms with Crippen molar-refractivity contribution in [2.24, 2.45) is 0 Å². The van der Waals surface area contributed by atoms with E-state index in [4.69, 9.17) is 9.47 Å². The second-order valence-corrected chi connectivity index (χ2v) is 3.56. The highest BCUT2D eigenvalue weighted by molar-refractivity contribution is 5.74. The Kier molecular flexibility index (Phi) is 3.46. The Morgan fingerprint density at radius 1 is 1.00 bits per heavy atom. The quantitative estimate of drug-likeness (QED) is 0.829. The third kappa shape index (κ3) is 2.01. The van der Waals surface area contributed by atoms with Crippen LogP contribution in [0.3, 0.4) is 0 Å². The fourth-order valence-corrected chi connectivity index (χ4v) is 1.74. The second kappa shape index (κ2) is 5.04. The molecule has 0 saturated carbocycles. The summed E-state index contributed by atoms with van der Waals surface area (Å²) in [5.41, 5.74) is 0.546. The van der Waals surface area contributed by atoms with Crippen molar-refractivity contribution >= 4 is 0 Å². The number of ether oxygens (including phenoxy) is 2. The molecule has 0 atom stereocenters. The van der Waals surface area contributed by atoms with Crippen molar-refractivity contribution in [1.82, 2.24) is 0 Å². The van der Waals surface area contributed by atoms with Crippen molar-refractivity contribution in [2.75, 3.05) is 14.2 Å². The minimum Gasteiger partial charge on any atom is -0.492 e. The third-order valence-electron chi connectivity index (χ3n) is 2.54. The summed E-state index contributed by atoms with van der Waals surface area (Å²) in [5.74, 6) is -1.93. The molecule has 0 bridgehead atoms. The van der Waals surface area contributed by atoms with Crippen LogP contribution in [0.4, 0.5) is 8.78 Å². The summed E-state index contributed by atoms with van der Waals surface area (Å²) in [6, 6.07) is 10.8. The molecule has 2 nitrogen and oxygen atoms in total. The van der Waals surface area contributed by atoms with Crippen molar-refractivity contribution in [3.63, 3.8) is 0 Å². The molecule has 2 aromatic carbocycles. The van der Waals surface area contributed by atoms with E-state index in [1.165, 1.54) is 14.2 Å². The van der Waals surface area contributed by atoms with Crippen LogP contribution in [-0.4, -0.2) is 14.2 Å². The van der Waals surface area contributed by atoms with Crippen LogP contribution in [0.5, 0.6) is 11.5 Å². The molecule has 0 unspecified atom stereocenters. The highest BCUT2D eigenvalue weighted by atomic mass is 19.2. The zero-order valence-electron chi connectivity index (χ0n) is 9.96. The van der Waals surface area contributed by atoms with E-state index in [1.54, 1.807) is 30.3 Å². The highest BCUT2D eigenvalue weighted by Gasteiger charge is 2.21. The van der Waals surface area contributed by atoms with E-state index in [1.807, 2.05) is 0 Å². The lowest BCUT2D eigenvalue weighted by atomic mass is 10.0. The Balaban J connectivity index is 2.75. The lowest BCUT2D eigenvalue weighted by molar-refractivity contribution is 0.348. The van der Waals surface area contributed by atoms with Gasteiger partial charge in [-0.2, -0.15) is 0 Å². The zero-order chi connectivity index (χ0) is 13.1. The molecule has 2 aromatic rings. The molecule has 1 radical (unpaired) electrons. The van der Waals surface area contributed by atoms with E-state index < -0.39 is 11.6 Å². The van der Waals surface area contributed by atoms with E-state index in [0.29, 0.717) is 5.56 Å². The summed E-state index contributed by atoms with van der Waals surface area (Å²) >= 11 is 0. The van der Waals surface area contributed by atoms with Crippen molar-refractivity contribution in [3.8, 4) is 22.6 Å². The highest BCUT2D eigenvalue weighted by Crippen LogP contribution is 2.40. The monoisotopic (exact) mass is 249 g/mol. The standard InChI is InChI=1S/C14H11F2O2/c1-17-11-8-10(15)13(16)12(14(11)18-2)9-6-4-3-5-7-9/h3-7H,1-2H3. The van der Waals surface area contributed by atoms with Gasteiger partial charge in [-0.15, -0.1) is 0 Å². The Morgan fingerprint density at radius 2 is 1.67 bits per heavy atom. The fourth-order valence-electron chi connectivity index (χ4n) is 1.74. The Bertz CT molecular complexity index is 553. The van der Waals surface area contributed by atoms with Gasteiger partial charge in [0.1, 0.15) is 0 Å². The summed E-state index contributed by atoms with van der Waals surface area (Å²) in [6.07, 6.45) is 0. The van der Waals surface area contributed by atoms with Crippen molar-refractivity contribution in [2.45, 2.75) is 0 Å². The van der Waals surface area contributed by atoms with E-state index in [9.17, 15) is 8.78 Å². The lowest BCUT2D eigenvalue weighted by Crippen LogP contribution is -1.99. The van der Waals surface area contributed by atoms with Crippen molar-refractivity contribution in [1.29, 1.82) is 0 Å². The van der Waals surface area contributed by atoms with E-state index in [0.717, 1.165) is 0 Å². The predicted molar refractivity (Wildman–Crippen MR) is 63.7 cm³/mol. The number of halogens is 2. The fraction of sp³-hybridized carbons (Fsp3) is 0.143. The van der Waals surface area contributed by atoms with Gasteiger partial charge in [0.15, 0.2) is 23.1 Å². The number of hydrogen-bond donors (Lipinski definition) is 0. The lowest BCUT2D eigenvalue weighted by Gasteiger charge is -2.14. The summed E-state index contributed by atoms with van der Waals surface area (Å²) in [6.45, 7) is 0. The predicted octanol–water partition coefficient (Wildman–Crippen LogP) is 3.45. The first kappa shape index (κ1) is 12.4. The Hall–Kier alpha value is -2.10. The van der Waals surface area contributed by atoms with Crippen LogP contribution in [0.25, 0.3) is 11.1 Å². The molecule has 0 aliphatic carbocycles. The molecular weight excluding hydrogens is 238 g/mol. The molecule has 2 rings (SSSR count). The van der Waals surface area contributed by atoms with Gasteiger partial charge in [0.2, 0.25) is 0 Å².